The molecule has 3 rings (SSSR count). The largest absolute Gasteiger partial charge is 0.364 e. The number of halogens is 1. The molecule has 6 nitrogen and oxygen atoms in total. The third-order valence-electron chi connectivity index (χ3n) is 4.10. The lowest BCUT2D eigenvalue weighted by Gasteiger charge is -2.18. The van der Waals surface area contributed by atoms with Gasteiger partial charge >= 0.3 is 0 Å². The minimum absolute atomic E-state index is 0.0803. The molecule has 1 unspecified atom stereocenters. The molecule has 1 aliphatic rings. The molecule has 0 bridgehead atoms. The molecule has 1 fully saturated rings. The number of amides is 1. The van der Waals surface area contributed by atoms with Crippen LogP contribution >= 0.6 is 0 Å². The first-order valence-electron chi connectivity index (χ1n) is 7.78. The number of hydrogen-bond acceptors (Lipinski definition) is 5. The third kappa shape index (κ3) is 3.48. The first kappa shape index (κ1) is 16.6. The van der Waals surface area contributed by atoms with Crippen molar-refractivity contribution in [2.24, 2.45) is 0 Å². The van der Waals surface area contributed by atoms with E-state index in [4.69, 9.17) is 5.26 Å². The highest BCUT2D eigenvalue weighted by Crippen LogP contribution is 2.20. The Morgan fingerprint density at radius 2 is 2.28 bits per heavy atom. The Morgan fingerprint density at radius 1 is 1.44 bits per heavy atom. The van der Waals surface area contributed by atoms with Crippen LogP contribution in [0.5, 0.6) is 0 Å². The number of nitrogens with zero attached hydrogens (tertiary/aromatic N) is 3. The number of aromatic nitrogens is 1. The number of carbonyl (C=O) groups excluding carboxylic acids is 2. The highest BCUT2D eigenvalue weighted by Gasteiger charge is 2.29. The van der Waals surface area contributed by atoms with Gasteiger partial charge in [0.05, 0.1) is 11.1 Å². The average molecular weight is 338 g/mol. The molecule has 2 aromatic rings. The molecular formula is C18H15FN4O2. The number of nitrogens with one attached hydrogen (secondary N) is 1. The molecule has 25 heavy (non-hydrogen) atoms. The lowest BCUT2D eigenvalue weighted by molar-refractivity contribution is 0.0787. The van der Waals surface area contributed by atoms with E-state index in [2.05, 4.69) is 16.4 Å². The van der Waals surface area contributed by atoms with Gasteiger partial charge in [0.2, 0.25) is 0 Å². The Bertz CT molecular complexity index is 862. The zero-order valence-electron chi connectivity index (χ0n) is 13.3. The molecule has 1 amide bonds. The Kier molecular flexibility index (Phi) is 4.70. The van der Waals surface area contributed by atoms with Gasteiger partial charge in [0.1, 0.15) is 24.0 Å². The Morgan fingerprint density at radius 3 is 3.04 bits per heavy atom. The number of hydrogen-bond donors (Lipinski definition) is 1. The fourth-order valence-electron chi connectivity index (χ4n) is 2.82. The molecule has 0 aliphatic carbocycles. The summed E-state index contributed by atoms with van der Waals surface area (Å²) in [5, 5.41) is 12.3. The number of anilines is 1. The van der Waals surface area contributed by atoms with Crippen molar-refractivity contribution in [3.63, 3.8) is 0 Å². The number of nitriles is 1. The summed E-state index contributed by atoms with van der Waals surface area (Å²) in [5.41, 5.74) is 0.573. The molecule has 1 atom stereocenters. The van der Waals surface area contributed by atoms with Crippen molar-refractivity contribution in [2.75, 3.05) is 18.4 Å². The zero-order valence-corrected chi connectivity index (χ0v) is 13.3. The van der Waals surface area contributed by atoms with Crippen molar-refractivity contribution >= 4 is 18.0 Å². The monoisotopic (exact) mass is 338 g/mol. The Balaban J connectivity index is 1.72. The fraction of sp³-hybridized carbons (Fsp3) is 0.222. The second kappa shape index (κ2) is 7.09. The van der Waals surface area contributed by atoms with E-state index in [1.165, 1.54) is 17.0 Å². The molecule has 2 heterocycles. The van der Waals surface area contributed by atoms with E-state index in [9.17, 15) is 14.0 Å². The van der Waals surface area contributed by atoms with Gasteiger partial charge in [0, 0.05) is 30.9 Å². The SMILES string of the molecule is N#Cc1cccnc1NC1CCN(C(=O)c2cc(C=O)ccc2F)C1. The number of likely N-dealkylation sites (tertiary alicyclic amines) is 1. The van der Waals surface area contributed by atoms with Gasteiger partial charge in [-0.3, -0.25) is 9.59 Å². The summed E-state index contributed by atoms with van der Waals surface area (Å²) in [6, 6.07) is 9.03. The van der Waals surface area contributed by atoms with Gasteiger partial charge in [-0.1, -0.05) is 0 Å². The topological polar surface area (TPSA) is 86.1 Å². The summed E-state index contributed by atoms with van der Waals surface area (Å²) in [6.07, 6.45) is 2.82. The van der Waals surface area contributed by atoms with Crippen LogP contribution in [0.2, 0.25) is 0 Å². The van der Waals surface area contributed by atoms with E-state index in [-0.39, 0.29) is 17.2 Å². The zero-order chi connectivity index (χ0) is 17.8. The molecule has 126 valence electrons. The summed E-state index contributed by atoms with van der Waals surface area (Å²) >= 11 is 0. The van der Waals surface area contributed by atoms with Gasteiger partial charge < -0.3 is 10.2 Å². The quantitative estimate of drug-likeness (QED) is 0.864. The molecule has 1 saturated heterocycles. The second-order valence-corrected chi connectivity index (χ2v) is 5.75. The van der Waals surface area contributed by atoms with Crippen LogP contribution in [0.15, 0.2) is 36.5 Å². The third-order valence-corrected chi connectivity index (χ3v) is 4.10. The number of aldehydes is 1. The highest BCUT2D eigenvalue weighted by atomic mass is 19.1. The van der Waals surface area contributed by atoms with Crippen LogP contribution in [0.25, 0.3) is 0 Å². The molecule has 1 N–H and O–H groups in total. The van der Waals surface area contributed by atoms with E-state index in [0.717, 1.165) is 6.07 Å². The van der Waals surface area contributed by atoms with E-state index in [1.54, 1.807) is 18.3 Å². The van der Waals surface area contributed by atoms with E-state index < -0.39 is 11.7 Å². The van der Waals surface area contributed by atoms with Crippen molar-refractivity contribution in [1.82, 2.24) is 9.88 Å². The normalized spacial score (nSPS) is 16.3. The van der Waals surface area contributed by atoms with Crippen molar-refractivity contribution in [2.45, 2.75) is 12.5 Å². The van der Waals surface area contributed by atoms with Crippen LogP contribution in [-0.2, 0) is 0 Å². The van der Waals surface area contributed by atoms with Gasteiger partial charge in [-0.15, -0.1) is 0 Å². The van der Waals surface area contributed by atoms with E-state index >= 15 is 0 Å². The van der Waals surface area contributed by atoms with E-state index in [1.807, 2.05) is 0 Å². The van der Waals surface area contributed by atoms with Crippen LogP contribution in [-0.4, -0.2) is 41.2 Å². The van der Waals surface area contributed by atoms with Crippen LogP contribution in [0.3, 0.4) is 0 Å². The molecule has 1 aromatic heterocycles. The number of pyridine rings is 1. The van der Waals surface area contributed by atoms with Gasteiger partial charge in [-0.2, -0.15) is 5.26 Å². The average Bonchev–Trinajstić information content (AvgIpc) is 3.10. The number of benzene rings is 1. The lowest BCUT2D eigenvalue weighted by Crippen LogP contribution is -2.32. The first-order valence-corrected chi connectivity index (χ1v) is 7.78. The van der Waals surface area contributed by atoms with Crippen molar-refractivity contribution in [3.05, 3.63) is 59.0 Å². The Labute approximate surface area is 143 Å². The molecule has 0 radical (unpaired) electrons. The van der Waals surface area contributed by atoms with E-state index in [0.29, 0.717) is 37.2 Å². The van der Waals surface area contributed by atoms with Crippen LogP contribution < -0.4 is 5.32 Å². The molecule has 0 saturated carbocycles. The maximum absolute atomic E-state index is 13.9. The first-order chi connectivity index (χ1) is 12.1. The predicted octanol–water partition coefficient (Wildman–Crippen LogP) is 2.23. The molecule has 0 spiro atoms. The second-order valence-electron chi connectivity index (χ2n) is 5.75. The molecular weight excluding hydrogens is 323 g/mol. The minimum atomic E-state index is -0.650. The van der Waals surface area contributed by atoms with Gasteiger partial charge in [0.15, 0.2) is 0 Å². The van der Waals surface area contributed by atoms with Gasteiger partial charge in [0.25, 0.3) is 5.91 Å². The number of rotatable bonds is 4. The van der Waals surface area contributed by atoms with Crippen molar-refractivity contribution < 1.29 is 14.0 Å². The van der Waals surface area contributed by atoms with Crippen molar-refractivity contribution in [1.29, 1.82) is 5.26 Å². The smallest absolute Gasteiger partial charge is 0.256 e. The molecule has 1 aromatic carbocycles. The van der Waals surface area contributed by atoms with Gasteiger partial charge in [-0.05, 0) is 36.8 Å². The maximum Gasteiger partial charge on any atom is 0.256 e. The fourth-order valence-corrected chi connectivity index (χ4v) is 2.82. The summed E-state index contributed by atoms with van der Waals surface area (Å²) in [4.78, 5) is 29.0. The predicted molar refractivity (Wildman–Crippen MR) is 88.7 cm³/mol. The summed E-state index contributed by atoms with van der Waals surface area (Å²) < 4.78 is 13.9. The van der Waals surface area contributed by atoms with Crippen LogP contribution in [0.1, 0.15) is 32.7 Å². The summed E-state index contributed by atoms with van der Waals surface area (Å²) in [7, 11) is 0. The van der Waals surface area contributed by atoms with Gasteiger partial charge in [-0.25, -0.2) is 9.37 Å². The summed E-state index contributed by atoms with van der Waals surface area (Å²) in [5.74, 6) is -0.631. The molecule has 7 heteroatoms. The summed E-state index contributed by atoms with van der Waals surface area (Å²) in [6.45, 7) is 0.820. The Hall–Kier alpha value is -3.27. The maximum atomic E-state index is 13.9. The highest BCUT2D eigenvalue weighted by molar-refractivity contribution is 5.96. The standard InChI is InChI=1S/C18H15FN4O2/c19-16-4-3-12(11-24)8-15(16)18(25)23-7-5-14(10-23)22-17-13(9-20)2-1-6-21-17/h1-4,6,8,11,14H,5,7,10H2,(H,21,22). The number of carbonyl (C=O) groups is 2. The van der Waals surface area contributed by atoms with Crippen LogP contribution in [0, 0.1) is 17.1 Å². The lowest BCUT2D eigenvalue weighted by atomic mass is 10.1. The van der Waals surface area contributed by atoms with Crippen molar-refractivity contribution in [3.8, 4) is 6.07 Å². The molecule has 1 aliphatic heterocycles. The van der Waals surface area contributed by atoms with Crippen LogP contribution in [0.4, 0.5) is 10.2 Å². The minimum Gasteiger partial charge on any atom is -0.364 e.